The number of piperazine rings is 1. The summed E-state index contributed by atoms with van der Waals surface area (Å²) in [6.07, 6.45) is 1.37. The van der Waals surface area contributed by atoms with E-state index >= 15 is 0 Å². The fraction of sp³-hybridized carbons (Fsp3) is 0.375. The molecule has 1 heterocycles. The Bertz CT molecular complexity index is 989. The third kappa shape index (κ3) is 4.61. The highest BCUT2D eigenvalue weighted by Gasteiger charge is 2.50. The minimum atomic E-state index is -1.16. The van der Waals surface area contributed by atoms with Gasteiger partial charge < -0.3 is 19.6 Å². The minimum Gasteiger partial charge on any atom is -0.427 e. The summed E-state index contributed by atoms with van der Waals surface area (Å²) < 4.78 is 5.27. The van der Waals surface area contributed by atoms with Gasteiger partial charge in [0.2, 0.25) is 0 Å². The van der Waals surface area contributed by atoms with Crippen molar-refractivity contribution >= 4 is 17.8 Å². The molecule has 2 amide bonds. The Labute approximate surface area is 181 Å². The molecule has 7 heteroatoms. The lowest BCUT2D eigenvalue weighted by molar-refractivity contribution is -0.144. The van der Waals surface area contributed by atoms with E-state index < -0.39 is 5.60 Å². The molecule has 162 valence electrons. The van der Waals surface area contributed by atoms with E-state index in [0.29, 0.717) is 56.8 Å². The maximum Gasteiger partial charge on any atom is 0.310 e. The Balaban J connectivity index is 1.38. The van der Waals surface area contributed by atoms with Gasteiger partial charge in [0.05, 0.1) is 0 Å². The average Bonchev–Trinajstić information content (AvgIpc) is 3.57. The monoisotopic (exact) mass is 422 g/mol. The van der Waals surface area contributed by atoms with E-state index in [1.165, 1.54) is 0 Å². The normalized spacial score (nSPS) is 17.2. The third-order valence-electron chi connectivity index (χ3n) is 5.80. The quantitative estimate of drug-likeness (QED) is 0.591. The van der Waals surface area contributed by atoms with E-state index in [4.69, 9.17) is 4.74 Å². The van der Waals surface area contributed by atoms with Crippen LogP contribution in [-0.2, 0) is 9.59 Å². The van der Waals surface area contributed by atoms with Gasteiger partial charge in [-0.3, -0.25) is 14.4 Å². The Kier molecular flexibility index (Phi) is 5.78. The number of benzene rings is 2. The molecule has 1 saturated heterocycles. The van der Waals surface area contributed by atoms with Crippen molar-refractivity contribution in [2.24, 2.45) is 0 Å². The number of ether oxygens (including phenoxy) is 1. The summed E-state index contributed by atoms with van der Waals surface area (Å²) in [6, 6.07) is 14.6. The molecule has 0 aromatic heterocycles. The summed E-state index contributed by atoms with van der Waals surface area (Å²) in [4.78, 5) is 40.0. The summed E-state index contributed by atoms with van der Waals surface area (Å²) in [6.45, 7) is 3.53. The molecule has 7 nitrogen and oxygen atoms in total. The zero-order valence-electron chi connectivity index (χ0n) is 17.5. The second-order valence-corrected chi connectivity index (χ2v) is 8.05. The average molecular weight is 422 g/mol. The van der Waals surface area contributed by atoms with Crippen LogP contribution in [0.25, 0.3) is 11.1 Å². The first-order valence-corrected chi connectivity index (χ1v) is 10.6. The molecule has 0 bridgehead atoms. The lowest BCUT2D eigenvalue weighted by Gasteiger charge is -2.35. The molecule has 4 rings (SSSR count). The Morgan fingerprint density at radius 3 is 2.19 bits per heavy atom. The molecular formula is C24H26N2O5. The predicted molar refractivity (Wildman–Crippen MR) is 114 cm³/mol. The number of hydrogen-bond acceptors (Lipinski definition) is 5. The van der Waals surface area contributed by atoms with Gasteiger partial charge >= 0.3 is 5.97 Å². The van der Waals surface area contributed by atoms with Crippen LogP contribution >= 0.6 is 0 Å². The van der Waals surface area contributed by atoms with Crippen LogP contribution in [0.3, 0.4) is 0 Å². The highest BCUT2D eigenvalue weighted by atomic mass is 16.5. The van der Waals surface area contributed by atoms with E-state index in [2.05, 4.69) is 0 Å². The van der Waals surface area contributed by atoms with Crippen molar-refractivity contribution < 1.29 is 24.2 Å². The van der Waals surface area contributed by atoms with Gasteiger partial charge in [-0.25, -0.2) is 0 Å². The molecule has 1 aliphatic carbocycles. The predicted octanol–water partition coefficient (Wildman–Crippen LogP) is 2.48. The largest absolute Gasteiger partial charge is 0.427 e. The van der Waals surface area contributed by atoms with Crippen molar-refractivity contribution in [3.63, 3.8) is 0 Å². The highest BCUT2D eigenvalue weighted by Crippen LogP contribution is 2.37. The van der Waals surface area contributed by atoms with Gasteiger partial charge in [0.1, 0.15) is 11.4 Å². The van der Waals surface area contributed by atoms with Crippen LogP contribution in [0.1, 0.15) is 36.5 Å². The number of esters is 1. The van der Waals surface area contributed by atoms with Gasteiger partial charge in [-0.2, -0.15) is 0 Å². The maximum absolute atomic E-state index is 12.9. The smallest absolute Gasteiger partial charge is 0.310 e. The maximum atomic E-state index is 12.9. The summed E-state index contributed by atoms with van der Waals surface area (Å²) in [5, 5.41) is 10.00. The molecule has 1 saturated carbocycles. The fourth-order valence-corrected chi connectivity index (χ4v) is 3.67. The molecule has 2 aromatic carbocycles. The Morgan fingerprint density at radius 2 is 1.58 bits per heavy atom. The SMILES string of the molecule is CCC(=O)Oc1cccc(-c2ccc(C(=O)N3CCN(C(=O)C4(O)CC4)CC3)cc2)c1. The number of hydrogen-bond donors (Lipinski definition) is 1. The van der Waals surface area contributed by atoms with Crippen LogP contribution in [0.2, 0.25) is 0 Å². The van der Waals surface area contributed by atoms with Gasteiger partial charge in [0.25, 0.3) is 11.8 Å². The van der Waals surface area contributed by atoms with Crippen molar-refractivity contribution in [3.8, 4) is 16.9 Å². The molecule has 2 aliphatic rings. The molecule has 0 unspecified atom stereocenters. The second kappa shape index (κ2) is 8.51. The van der Waals surface area contributed by atoms with Crippen LogP contribution in [-0.4, -0.2) is 64.5 Å². The summed E-state index contributed by atoms with van der Waals surface area (Å²) in [5.74, 6) is -0.0795. The number of rotatable bonds is 5. The molecule has 0 atom stereocenters. The van der Waals surface area contributed by atoms with E-state index in [1.54, 1.807) is 41.0 Å². The number of carbonyl (C=O) groups is 3. The molecular weight excluding hydrogens is 396 g/mol. The number of aliphatic hydroxyl groups is 1. The second-order valence-electron chi connectivity index (χ2n) is 8.05. The fourth-order valence-electron chi connectivity index (χ4n) is 3.67. The van der Waals surface area contributed by atoms with Crippen LogP contribution in [0.5, 0.6) is 5.75 Å². The standard InChI is InChI=1S/C24H26N2O5/c1-2-21(27)31-20-5-3-4-19(16-20)17-6-8-18(9-7-17)22(28)25-12-14-26(15-13-25)23(29)24(30)10-11-24/h3-9,16,30H,2,10-15H2,1H3. The van der Waals surface area contributed by atoms with Crippen LogP contribution in [0.15, 0.2) is 48.5 Å². The van der Waals surface area contributed by atoms with E-state index in [-0.39, 0.29) is 17.8 Å². The Morgan fingerprint density at radius 1 is 0.935 bits per heavy atom. The van der Waals surface area contributed by atoms with Gasteiger partial charge in [0.15, 0.2) is 0 Å². The number of amides is 2. The molecule has 1 N–H and O–H groups in total. The first kappa shape index (κ1) is 21.1. The first-order chi connectivity index (χ1) is 14.9. The van der Waals surface area contributed by atoms with Crippen LogP contribution in [0.4, 0.5) is 0 Å². The van der Waals surface area contributed by atoms with E-state index in [1.807, 2.05) is 24.3 Å². The first-order valence-electron chi connectivity index (χ1n) is 10.6. The summed E-state index contributed by atoms with van der Waals surface area (Å²) >= 11 is 0. The lowest BCUT2D eigenvalue weighted by atomic mass is 10.0. The molecule has 0 spiro atoms. The Hall–Kier alpha value is -3.19. The van der Waals surface area contributed by atoms with Crippen molar-refractivity contribution in [1.82, 2.24) is 9.80 Å². The summed E-state index contributed by atoms with van der Waals surface area (Å²) in [5.41, 5.74) is 1.23. The van der Waals surface area contributed by atoms with E-state index in [0.717, 1.165) is 11.1 Å². The van der Waals surface area contributed by atoms with Crippen molar-refractivity contribution in [2.75, 3.05) is 26.2 Å². The minimum absolute atomic E-state index is 0.0746. The molecule has 2 aromatic rings. The van der Waals surface area contributed by atoms with Gasteiger partial charge in [-0.1, -0.05) is 31.2 Å². The zero-order chi connectivity index (χ0) is 22.0. The zero-order valence-corrected chi connectivity index (χ0v) is 17.5. The van der Waals surface area contributed by atoms with Crippen molar-refractivity contribution in [2.45, 2.75) is 31.8 Å². The summed E-state index contributed by atoms with van der Waals surface area (Å²) in [7, 11) is 0. The topological polar surface area (TPSA) is 87.2 Å². The molecule has 1 aliphatic heterocycles. The van der Waals surface area contributed by atoms with Gasteiger partial charge in [-0.05, 0) is 48.2 Å². The number of carbonyl (C=O) groups excluding carboxylic acids is 3. The van der Waals surface area contributed by atoms with Gasteiger partial charge in [-0.15, -0.1) is 0 Å². The highest BCUT2D eigenvalue weighted by molar-refractivity contribution is 5.95. The van der Waals surface area contributed by atoms with Crippen LogP contribution in [0, 0.1) is 0 Å². The van der Waals surface area contributed by atoms with Crippen molar-refractivity contribution in [1.29, 1.82) is 0 Å². The molecule has 31 heavy (non-hydrogen) atoms. The molecule has 2 fully saturated rings. The molecule has 0 radical (unpaired) electrons. The van der Waals surface area contributed by atoms with Crippen molar-refractivity contribution in [3.05, 3.63) is 54.1 Å². The third-order valence-corrected chi connectivity index (χ3v) is 5.80. The van der Waals surface area contributed by atoms with E-state index in [9.17, 15) is 19.5 Å². The lowest BCUT2D eigenvalue weighted by Crippen LogP contribution is -2.53. The van der Waals surface area contributed by atoms with Gasteiger partial charge in [0, 0.05) is 38.2 Å². The number of nitrogens with zero attached hydrogens (tertiary/aromatic N) is 2. The van der Waals surface area contributed by atoms with Crippen LogP contribution < -0.4 is 4.74 Å².